The van der Waals surface area contributed by atoms with Gasteiger partial charge in [-0.05, 0) is 89.9 Å². The van der Waals surface area contributed by atoms with Gasteiger partial charge in [-0.15, -0.1) is 0 Å². The number of rotatable bonds is 58. The van der Waals surface area contributed by atoms with E-state index in [2.05, 4.69) is 106 Å². The van der Waals surface area contributed by atoms with Gasteiger partial charge < -0.3 is 14.2 Å². The van der Waals surface area contributed by atoms with Crippen LogP contribution in [0, 0.1) is 0 Å². The highest BCUT2D eigenvalue weighted by Crippen LogP contribution is 2.17. The lowest BCUT2D eigenvalue weighted by molar-refractivity contribution is -0.167. The van der Waals surface area contributed by atoms with Crippen LogP contribution in [0.5, 0.6) is 0 Å². The van der Waals surface area contributed by atoms with Crippen molar-refractivity contribution >= 4 is 17.9 Å². The molecule has 0 bridgehead atoms. The minimum Gasteiger partial charge on any atom is -0.462 e. The molecule has 0 aliphatic heterocycles. The number of unbranched alkanes of at least 4 members (excludes halogenated alkanes) is 33. The van der Waals surface area contributed by atoms with Crippen molar-refractivity contribution in [3.8, 4) is 0 Å². The number of ether oxygens (including phenoxy) is 3. The summed E-state index contributed by atoms with van der Waals surface area (Å²) in [6.45, 7) is 6.43. The maximum absolute atomic E-state index is 12.9. The summed E-state index contributed by atoms with van der Waals surface area (Å²) in [4.78, 5) is 38.2. The van der Waals surface area contributed by atoms with E-state index in [1.165, 1.54) is 154 Å². The van der Waals surface area contributed by atoms with Gasteiger partial charge in [-0.25, -0.2) is 0 Å². The molecule has 6 nitrogen and oxygen atoms in total. The molecule has 1 unspecified atom stereocenters. The Balaban J connectivity index is 4.21. The molecule has 0 rings (SSSR count). The predicted molar refractivity (Wildman–Crippen MR) is 325 cm³/mol. The van der Waals surface area contributed by atoms with Gasteiger partial charge in [0.2, 0.25) is 0 Å². The Morgan fingerprint density at radius 2 is 0.520 bits per heavy atom. The molecule has 0 spiro atoms. The van der Waals surface area contributed by atoms with Gasteiger partial charge in [0.25, 0.3) is 0 Å². The molecule has 0 N–H and O–H groups in total. The van der Waals surface area contributed by atoms with Crippen LogP contribution in [-0.2, 0) is 28.6 Å². The molecule has 6 heteroatoms. The number of allylic oxidation sites excluding steroid dienone is 14. The zero-order valence-corrected chi connectivity index (χ0v) is 49.6. The van der Waals surface area contributed by atoms with Crippen LogP contribution in [0.25, 0.3) is 0 Å². The lowest BCUT2D eigenvalue weighted by Crippen LogP contribution is -2.30. The minimum absolute atomic E-state index is 0.0792. The van der Waals surface area contributed by atoms with Crippen molar-refractivity contribution in [2.24, 2.45) is 0 Å². The average Bonchev–Trinajstić information content (AvgIpc) is 3.41. The van der Waals surface area contributed by atoms with Crippen molar-refractivity contribution in [1.82, 2.24) is 0 Å². The highest BCUT2D eigenvalue weighted by molar-refractivity contribution is 5.71. The highest BCUT2D eigenvalue weighted by atomic mass is 16.6. The van der Waals surface area contributed by atoms with Gasteiger partial charge in [0.15, 0.2) is 6.10 Å². The van der Waals surface area contributed by atoms with Gasteiger partial charge in [0.05, 0.1) is 0 Å². The summed E-state index contributed by atoms with van der Waals surface area (Å²) in [5.74, 6) is -0.883. The zero-order chi connectivity index (χ0) is 54.3. The third kappa shape index (κ3) is 61.3. The van der Waals surface area contributed by atoms with E-state index in [0.29, 0.717) is 19.3 Å². The summed E-state index contributed by atoms with van der Waals surface area (Å²) in [7, 11) is 0. The number of carbonyl (C=O) groups excluding carboxylic acids is 3. The lowest BCUT2D eigenvalue weighted by atomic mass is 10.0. The first-order valence-corrected chi connectivity index (χ1v) is 32.1. The van der Waals surface area contributed by atoms with Gasteiger partial charge in [0, 0.05) is 19.3 Å². The van der Waals surface area contributed by atoms with Crippen molar-refractivity contribution in [2.75, 3.05) is 13.2 Å². The Morgan fingerprint density at radius 3 is 0.813 bits per heavy atom. The molecule has 0 radical (unpaired) electrons. The summed E-state index contributed by atoms with van der Waals surface area (Å²) in [6.07, 6.45) is 83.1. The fourth-order valence-corrected chi connectivity index (χ4v) is 9.16. The van der Waals surface area contributed by atoms with Gasteiger partial charge in [-0.3, -0.25) is 14.4 Å². The van der Waals surface area contributed by atoms with Crippen LogP contribution in [0.1, 0.15) is 316 Å². The average molecular weight is 1050 g/mol. The lowest BCUT2D eigenvalue weighted by Gasteiger charge is -2.18. The molecule has 0 amide bonds. The third-order valence-electron chi connectivity index (χ3n) is 13.9. The zero-order valence-electron chi connectivity index (χ0n) is 49.6. The Kier molecular flexibility index (Phi) is 60.3. The van der Waals surface area contributed by atoms with E-state index in [0.717, 1.165) is 122 Å². The number of hydrogen-bond donors (Lipinski definition) is 0. The largest absolute Gasteiger partial charge is 0.462 e. The molecule has 0 aliphatic rings. The van der Waals surface area contributed by atoms with Gasteiger partial charge >= 0.3 is 17.9 Å². The van der Waals surface area contributed by atoms with Gasteiger partial charge in [-0.1, -0.05) is 292 Å². The maximum Gasteiger partial charge on any atom is 0.306 e. The van der Waals surface area contributed by atoms with Crippen LogP contribution in [0.2, 0.25) is 0 Å². The fourth-order valence-electron chi connectivity index (χ4n) is 9.16. The summed E-state index contributed by atoms with van der Waals surface area (Å²) >= 11 is 0. The van der Waals surface area contributed by atoms with Crippen molar-refractivity contribution < 1.29 is 28.6 Å². The molecule has 0 aromatic heterocycles. The third-order valence-corrected chi connectivity index (χ3v) is 13.9. The van der Waals surface area contributed by atoms with Gasteiger partial charge in [-0.2, -0.15) is 0 Å². The van der Waals surface area contributed by atoms with E-state index in [4.69, 9.17) is 14.2 Å². The first-order valence-electron chi connectivity index (χ1n) is 32.1. The molecular weight excluding hydrogens is 925 g/mol. The van der Waals surface area contributed by atoms with Crippen LogP contribution in [0.4, 0.5) is 0 Å². The molecule has 0 saturated carbocycles. The molecule has 432 valence electrons. The Morgan fingerprint density at radius 1 is 0.280 bits per heavy atom. The molecule has 0 aromatic carbocycles. The smallest absolute Gasteiger partial charge is 0.306 e. The molecular formula is C69H120O6. The molecule has 0 saturated heterocycles. The Hall–Kier alpha value is -3.41. The quantitative estimate of drug-likeness (QED) is 0.0261. The summed E-state index contributed by atoms with van der Waals surface area (Å²) in [5, 5.41) is 0. The van der Waals surface area contributed by atoms with E-state index in [1.807, 2.05) is 0 Å². The predicted octanol–water partition coefficient (Wildman–Crippen LogP) is 21.9. The second-order valence-corrected chi connectivity index (χ2v) is 21.3. The number of carbonyl (C=O) groups is 3. The van der Waals surface area contributed by atoms with Crippen LogP contribution in [-0.4, -0.2) is 37.2 Å². The summed E-state index contributed by atoms with van der Waals surface area (Å²) in [6, 6.07) is 0. The SMILES string of the molecule is CC/C=C\C/C=C\C/C=C\C/C=C\CCCCCCCCCCCCCCCCCCC(=O)OCC(COC(=O)CCCCCCCCCCCCCCC)OC(=O)CCCCCCC/C=C\C/C=C\C/C=C\CC. The molecule has 0 heterocycles. The number of esters is 3. The van der Waals surface area contributed by atoms with Crippen molar-refractivity contribution in [2.45, 2.75) is 322 Å². The van der Waals surface area contributed by atoms with Crippen LogP contribution in [0.15, 0.2) is 85.1 Å². The molecule has 0 fully saturated rings. The summed E-state index contributed by atoms with van der Waals surface area (Å²) in [5.41, 5.74) is 0. The standard InChI is InChI=1S/C69H120O6/c1-4-7-10-13-16-19-22-25-27-28-29-30-31-32-33-34-35-36-37-38-39-40-42-44-47-50-53-56-59-62-68(71)74-65-66(64-73-67(70)61-58-55-52-49-46-43-24-21-18-15-12-9-6-3)75-69(72)63-60-57-54-51-48-45-41-26-23-20-17-14-11-8-5-2/h7-8,10-11,16-17,19-20,25-27,29-30,41,66H,4-6,9,12-15,18,21-24,28,31-40,42-65H2,1-3H3/b10-7-,11-8-,19-16-,20-17-,27-25-,30-29-,41-26-. The van der Waals surface area contributed by atoms with Crippen molar-refractivity contribution in [3.05, 3.63) is 85.1 Å². The second kappa shape index (κ2) is 63.1. The Bertz CT molecular complexity index is 1430. The minimum atomic E-state index is -0.783. The first kappa shape index (κ1) is 71.6. The number of hydrogen-bond acceptors (Lipinski definition) is 6. The van der Waals surface area contributed by atoms with Gasteiger partial charge in [0.1, 0.15) is 13.2 Å². The van der Waals surface area contributed by atoms with E-state index in [-0.39, 0.29) is 31.1 Å². The van der Waals surface area contributed by atoms with Crippen molar-refractivity contribution in [1.29, 1.82) is 0 Å². The molecule has 1 atom stereocenters. The van der Waals surface area contributed by atoms with E-state index >= 15 is 0 Å². The van der Waals surface area contributed by atoms with Crippen LogP contribution in [0.3, 0.4) is 0 Å². The summed E-state index contributed by atoms with van der Waals surface area (Å²) < 4.78 is 16.9. The molecule has 75 heavy (non-hydrogen) atoms. The fraction of sp³-hybridized carbons (Fsp3) is 0.754. The monoisotopic (exact) mass is 1040 g/mol. The van der Waals surface area contributed by atoms with Crippen molar-refractivity contribution in [3.63, 3.8) is 0 Å². The first-order chi connectivity index (χ1) is 37.0. The molecule has 0 aromatic rings. The maximum atomic E-state index is 12.9. The highest BCUT2D eigenvalue weighted by Gasteiger charge is 2.19. The van der Waals surface area contributed by atoms with Crippen LogP contribution < -0.4 is 0 Å². The second-order valence-electron chi connectivity index (χ2n) is 21.3. The molecule has 0 aliphatic carbocycles. The normalized spacial score (nSPS) is 12.6. The van der Waals surface area contributed by atoms with E-state index in [1.54, 1.807) is 0 Å². The topological polar surface area (TPSA) is 78.9 Å². The Labute approximate surface area is 465 Å². The van der Waals surface area contributed by atoms with E-state index in [9.17, 15) is 14.4 Å². The van der Waals surface area contributed by atoms with Crippen LogP contribution >= 0.6 is 0 Å². The van der Waals surface area contributed by atoms with E-state index < -0.39 is 6.10 Å².